The highest BCUT2D eigenvalue weighted by Crippen LogP contribution is 2.31. The molecular formula is C14H17F4NO3. The molecule has 8 heteroatoms. The molecule has 1 aliphatic heterocycles. The van der Waals surface area contributed by atoms with Crippen LogP contribution in [-0.2, 0) is 11.3 Å². The molecule has 1 fully saturated rings. The quantitative estimate of drug-likeness (QED) is 0.783. The van der Waals surface area contributed by atoms with Crippen molar-refractivity contribution < 1.29 is 31.8 Å². The molecule has 1 saturated heterocycles. The van der Waals surface area contributed by atoms with Gasteiger partial charge in [0.25, 0.3) is 0 Å². The summed E-state index contributed by atoms with van der Waals surface area (Å²) in [6.07, 6.45) is 1.74. The van der Waals surface area contributed by atoms with E-state index in [2.05, 4.69) is 14.8 Å². The zero-order valence-electron chi connectivity index (χ0n) is 11.7. The van der Waals surface area contributed by atoms with Gasteiger partial charge in [0.1, 0.15) is 0 Å². The first-order valence-corrected chi connectivity index (χ1v) is 6.88. The Bertz CT molecular complexity index is 467. The Kier molecular flexibility index (Phi) is 6.26. The summed E-state index contributed by atoms with van der Waals surface area (Å²) in [4.78, 5) is 0. The third kappa shape index (κ3) is 5.34. The number of nitrogens with one attached hydrogen (secondary N) is 1. The zero-order valence-corrected chi connectivity index (χ0v) is 11.7. The molecule has 0 amide bonds. The van der Waals surface area contributed by atoms with Crippen LogP contribution in [0.5, 0.6) is 11.5 Å². The summed E-state index contributed by atoms with van der Waals surface area (Å²) in [5, 5.41) is 3.27. The van der Waals surface area contributed by atoms with E-state index in [0.717, 1.165) is 12.8 Å². The molecule has 0 saturated carbocycles. The van der Waals surface area contributed by atoms with Crippen molar-refractivity contribution in [2.24, 2.45) is 0 Å². The minimum absolute atomic E-state index is 0.283. The van der Waals surface area contributed by atoms with Gasteiger partial charge in [-0.05, 0) is 30.5 Å². The van der Waals surface area contributed by atoms with Crippen LogP contribution in [0.1, 0.15) is 18.4 Å². The normalized spacial score (nSPS) is 16.3. The molecule has 0 aliphatic carbocycles. The lowest BCUT2D eigenvalue weighted by Gasteiger charge is -2.23. The van der Waals surface area contributed by atoms with E-state index in [9.17, 15) is 17.6 Å². The lowest BCUT2D eigenvalue weighted by Crippen LogP contribution is -2.34. The second kappa shape index (κ2) is 8.19. The van der Waals surface area contributed by atoms with Gasteiger partial charge in [-0.2, -0.15) is 17.6 Å². The van der Waals surface area contributed by atoms with E-state index in [4.69, 9.17) is 4.74 Å². The summed E-state index contributed by atoms with van der Waals surface area (Å²) in [6.45, 7) is -4.44. The minimum atomic E-state index is -3.11. The molecule has 1 aromatic rings. The number of hydrogen-bond acceptors (Lipinski definition) is 4. The summed E-state index contributed by atoms with van der Waals surface area (Å²) < 4.78 is 62.8. The highest BCUT2D eigenvalue weighted by molar-refractivity contribution is 5.43. The van der Waals surface area contributed by atoms with E-state index in [1.165, 1.54) is 18.2 Å². The van der Waals surface area contributed by atoms with Crippen molar-refractivity contribution >= 4 is 0 Å². The Morgan fingerprint density at radius 1 is 1.05 bits per heavy atom. The number of benzene rings is 1. The van der Waals surface area contributed by atoms with Crippen molar-refractivity contribution in [3.63, 3.8) is 0 Å². The van der Waals surface area contributed by atoms with E-state index in [1.807, 2.05) is 0 Å². The summed E-state index contributed by atoms with van der Waals surface area (Å²) in [5.74, 6) is -0.813. The monoisotopic (exact) mass is 323 g/mol. The van der Waals surface area contributed by atoms with E-state index in [-0.39, 0.29) is 6.04 Å². The van der Waals surface area contributed by atoms with Gasteiger partial charge in [-0.1, -0.05) is 6.07 Å². The van der Waals surface area contributed by atoms with E-state index in [0.29, 0.717) is 25.3 Å². The maximum absolute atomic E-state index is 12.4. The van der Waals surface area contributed by atoms with Gasteiger partial charge in [-0.15, -0.1) is 0 Å². The van der Waals surface area contributed by atoms with E-state index < -0.39 is 24.7 Å². The van der Waals surface area contributed by atoms with Gasteiger partial charge < -0.3 is 19.5 Å². The van der Waals surface area contributed by atoms with Gasteiger partial charge in [-0.3, -0.25) is 0 Å². The minimum Gasteiger partial charge on any atom is -0.431 e. The third-order valence-electron chi connectivity index (χ3n) is 3.26. The molecule has 0 radical (unpaired) electrons. The summed E-state index contributed by atoms with van der Waals surface area (Å²) in [7, 11) is 0. The summed E-state index contributed by atoms with van der Waals surface area (Å²) >= 11 is 0. The van der Waals surface area contributed by atoms with Gasteiger partial charge in [0.05, 0.1) is 0 Å². The maximum Gasteiger partial charge on any atom is 0.387 e. The van der Waals surface area contributed by atoms with Crippen molar-refractivity contribution in [2.75, 3.05) is 13.2 Å². The van der Waals surface area contributed by atoms with Crippen LogP contribution >= 0.6 is 0 Å². The van der Waals surface area contributed by atoms with Crippen molar-refractivity contribution in [3.05, 3.63) is 23.8 Å². The van der Waals surface area contributed by atoms with Gasteiger partial charge in [0.15, 0.2) is 11.5 Å². The van der Waals surface area contributed by atoms with Crippen LogP contribution < -0.4 is 14.8 Å². The highest BCUT2D eigenvalue weighted by atomic mass is 19.3. The fraction of sp³-hybridized carbons (Fsp3) is 0.571. The van der Waals surface area contributed by atoms with Crippen LogP contribution in [0.2, 0.25) is 0 Å². The molecule has 0 spiro atoms. The van der Waals surface area contributed by atoms with Gasteiger partial charge in [-0.25, -0.2) is 0 Å². The molecule has 0 atom stereocenters. The zero-order chi connectivity index (χ0) is 15.9. The van der Waals surface area contributed by atoms with Crippen LogP contribution in [0.15, 0.2) is 18.2 Å². The van der Waals surface area contributed by atoms with Gasteiger partial charge in [0.2, 0.25) is 0 Å². The lowest BCUT2D eigenvalue weighted by molar-refractivity contribution is -0.0692. The van der Waals surface area contributed by atoms with Crippen LogP contribution in [0.4, 0.5) is 17.6 Å². The smallest absolute Gasteiger partial charge is 0.387 e. The van der Waals surface area contributed by atoms with Crippen molar-refractivity contribution in [1.82, 2.24) is 5.32 Å². The molecular weight excluding hydrogens is 306 g/mol. The molecule has 0 aromatic heterocycles. The maximum atomic E-state index is 12.4. The molecule has 124 valence electrons. The van der Waals surface area contributed by atoms with Crippen LogP contribution in [-0.4, -0.2) is 32.5 Å². The molecule has 1 N–H and O–H groups in total. The second-order valence-electron chi connectivity index (χ2n) is 4.81. The molecule has 1 aliphatic rings. The Morgan fingerprint density at radius 2 is 1.68 bits per heavy atom. The summed E-state index contributed by atoms with van der Waals surface area (Å²) in [5.41, 5.74) is 0.642. The predicted molar refractivity (Wildman–Crippen MR) is 70.4 cm³/mol. The molecule has 22 heavy (non-hydrogen) atoms. The fourth-order valence-corrected chi connectivity index (χ4v) is 2.21. The second-order valence-corrected chi connectivity index (χ2v) is 4.81. The van der Waals surface area contributed by atoms with Crippen molar-refractivity contribution in [2.45, 2.75) is 38.7 Å². The first-order valence-electron chi connectivity index (χ1n) is 6.88. The lowest BCUT2D eigenvalue weighted by atomic mass is 10.1. The third-order valence-corrected chi connectivity index (χ3v) is 3.26. The van der Waals surface area contributed by atoms with Crippen LogP contribution in [0, 0.1) is 0 Å². The molecule has 4 nitrogen and oxygen atoms in total. The standard InChI is InChI=1S/C14H17F4NO3/c15-13(16)21-11-2-1-9(7-12(11)22-14(17)18)8-19-10-3-5-20-6-4-10/h1-2,7,10,13-14,19H,3-6,8H2. The van der Waals surface area contributed by atoms with Gasteiger partial charge >= 0.3 is 13.2 Å². The number of ether oxygens (including phenoxy) is 3. The van der Waals surface area contributed by atoms with E-state index >= 15 is 0 Å². The Balaban J connectivity index is 2.01. The van der Waals surface area contributed by atoms with Gasteiger partial charge in [0, 0.05) is 25.8 Å². The molecule has 2 rings (SSSR count). The Hall–Kier alpha value is -1.54. The largest absolute Gasteiger partial charge is 0.431 e. The SMILES string of the molecule is FC(F)Oc1ccc(CNC2CCOCC2)cc1OC(F)F. The van der Waals surface area contributed by atoms with Crippen LogP contribution in [0.25, 0.3) is 0 Å². The van der Waals surface area contributed by atoms with Crippen molar-refractivity contribution in [1.29, 1.82) is 0 Å². The Labute approximate surface area is 125 Å². The average Bonchev–Trinajstić information content (AvgIpc) is 2.47. The average molecular weight is 323 g/mol. The van der Waals surface area contributed by atoms with Crippen molar-refractivity contribution in [3.8, 4) is 11.5 Å². The number of hydrogen-bond donors (Lipinski definition) is 1. The first-order chi connectivity index (χ1) is 10.5. The Morgan fingerprint density at radius 3 is 2.32 bits per heavy atom. The van der Waals surface area contributed by atoms with Crippen LogP contribution in [0.3, 0.4) is 0 Å². The molecule has 1 aromatic carbocycles. The first kappa shape index (κ1) is 16.8. The highest BCUT2D eigenvalue weighted by Gasteiger charge is 2.16. The predicted octanol–water partition coefficient (Wildman–Crippen LogP) is 3.16. The van der Waals surface area contributed by atoms with E-state index in [1.54, 1.807) is 0 Å². The molecule has 0 unspecified atom stereocenters. The number of rotatable bonds is 7. The molecule has 1 heterocycles. The molecule has 0 bridgehead atoms. The number of halogens is 4. The topological polar surface area (TPSA) is 39.7 Å². The fourth-order valence-electron chi connectivity index (χ4n) is 2.21. The number of alkyl halides is 4. The summed E-state index contributed by atoms with van der Waals surface area (Å²) in [6, 6.07) is 4.29.